The highest BCUT2D eigenvalue weighted by atomic mass is 16.5. The predicted molar refractivity (Wildman–Crippen MR) is 69.7 cm³/mol. The van der Waals surface area contributed by atoms with Gasteiger partial charge in [0.25, 0.3) is 0 Å². The van der Waals surface area contributed by atoms with Crippen LogP contribution in [-0.2, 0) is 11.3 Å². The van der Waals surface area contributed by atoms with E-state index in [9.17, 15) is 0 Å². The molecule has 1 aromatic heterocycles. The summed E-state index contributed by atoms with van der Waals surface area (Å²) in [7, 11) is 0. The molecule has 0 aliphatic rings. The molecule has 1 heterocycles. The molecule has 0 bridgehead atoms. The van der Waals surface area contributed by atoms with Gasteiger partial charge >= 0.3 is 0 Å². The minimum atomic E-state index is -0.194. The molecule has 1 aromatic rings. The summed E-state index contributed by atoms with van der Waals surface area (Å²) >= 11 is 0. The molecule has 17 heavy (non-hydrogen) atoms. The molecule has 0 amide bonds. The molecule has 2 N–H and O–H groups in total. The van der Waals surface area contributed by atoms with E-state index >= 15 is 0 Å². The second-order valence-corrected chi connectivity index (χ2v) is 5.41. The van der Waals surface area contributed by atoms with Crippen LogP contribution in [-0.4, -0.2) is 21.8 Å². The van der Waals surface area contributed by atoms with Crippen molar-refractivity contribution in [1.82, 2.24) is 9.55 Å². The van der Waals surface area contributed by atoms with Crippen LogP contribution in [0.15, 0.2) is 12.5 Å². The van der Waals surface area contributed by atoms with E-state index in [4.69, 9.17) is 10.5 Å². The fourth-order valence-corrected chi connectivity index (χ4v) is 1.93. The molecule has 0 radical (unpaired) electrons. The smallest absolute Gasteiger partial charge is 0.0949 e. The van der Waals surface area contributed by atoms with Crippen LogP contribution in [0.1, 0.15) is 46.4 Å². The average molecular weight is 239 g/mol. The molecule has 0 saturated heterocycles. The largest absolute Gasteiger partial charge is 0.374 e. The van der Waals surface area contributed by atoms with E-state index in [1.165, 1.54) is 0 Å². The SMILES string of the molecule is CCOC(C)(C)Cn1cncc1C(N)C(C)C. The Bertz CT molecular complexity index is 344. The van der Waals surface area contributed by atoms with Crippen LogP contribution in [0.4, 0.5) is 0 Å². The van der Waals surface area contributed by atoms with E-state index in [1.54, 1.807) is 0 Å². The second-order valence-electron chi connectivity index (χ2n) is 5.41. The number of rotatable bonds is 6. The maximum Gasteiger partial charge on any atom is 0.0949 e. The number of ether oxygens (including phenoxy) is 1. The lowest BCUT2D eigenvalue weighted by Crippen LogP contribution is -2.32. The fourth-order valence-electron chi connectivity index (χ4n) is 1.93. The zero-order valence-corrected chi connectivity index (χ0v) is 11.6. The van der Waals surface area contributed by atoms with E-state index in [1.807, 2.05) is 19.4 Å². The van der Waals surface area contributed by atoms with Gasteiger partial charge in [0.2, 0.25) is 0 Å². The first-order valence-corrected chi connectivity index (χ1v) is 6.27. The van der Waals surface area contributed by atoms with Crippen LogP contribution >= 0.6 is 0 Å². The van der Waals surface area contributed by atoms with Gasteiger partial charge in [-0.25, -0.2) is 4.98 Å². The second kappa shape index (κ2) is 5.65. The predicted octanol–water partition coefficient (Wildman–Crippen LogP) is 2.35. The van der Waals surface area contributed by atoms with Gasteiger partial charge in [0.05, 0.1) is 24.2 Å². The van der Waals surface area contributed by atoms with Crippen LogP contribution < -0.4 is 5.73 Å². The third-order valence-corrected chi connectivity index (χ3v) is 2.89. The summed E-state index contributed by atoms with van der Waals surface area (Å²) in [5.41, 5.74) is 7.06. The average Bonchev–Trinajstić information content (AvgIpc) is 2.63. The van der Waals surface area contributed by atoms with Crippen molar-refractivity contribution in [3.8, 4) is 0 Å². The van der Waals surface area contributed by atoms with Gasteiger partial charge in [-0.05, 0) is 26.7 Å². The minimum Gasteiger partial charge on any atom is -0.374 e. The van der Waals surface area contributed by atoms with Crippen molar-refractivity contribution in [2.75, 3.05) is 6.61 Å². The van der Waals surface area contributed by atoms with Crippen molar-refractivity contribution in [2.24, 2.45) is 11.7 Å². The molecular weight excluding hydrogens is 214 g/mol. The molecule has 4 nitrogen and oxygen atoms in total. The van der Waals surface area contributed by atoms with Crippen LogP contribution in [0.5, 0.6) is 0 Å². The molecule has 0 fully saturated rings. The van der Waals surface area contributed by atoms with E-state index in [-0.39, 0.29) is 11.6 Å². The fraction of sp³-hybridized carbons (Fsp3) is 0.769. The zero-order chi connectivity index (χ0) is 13.1. The Morgan fingerprint density at radius 2 is 2.12 bits per heavy atom. The van der Waals surface area contributed by atoms with Crippen LogP contribution in [0.2, 0.25) is 0 Å². The number of aromatic nitrogens is 2. The van der Waals surface area contributed by atoms with Crippen molar-refractivity contribution in [3.05, 3.63) is 18.2 Å². The first kappa shape index (κ1) is 14.2. The summed E-state index contributed by atoms with van der Waals surface area (Å²) in [5.74, 6) is 0.403. The summed E-state index contributed by atoms with van der Waals surface area (Å²) in [6.07, 6.45) is 3.69. The lowest BCUT2D eigenvalue weighted by molar-refractivity contribution is -0.0231. The topological polar surface area (TPSA) is 53.1 Å². The Labute approximate surface area is 104 Å². The normalized spacial score (nSPS) is 14.3. The number of nitrogens with zero attached hydrogens (tertiary/aromatic N) is 2. The lowest BCUT2D eigenvalue weighted by atomic mass is 10.0. The lowest BCUT2D eigenvalue weighted by Gasteiger charge is -2.27. The molecule has 0 saturated carbocycles. The van der Waals surface area contributed by atoms with Gasteiger partial charge in [-0.2, -0.15) is 0 Å². The molecule has 98 valence electrons. The molecule has 4 heteroatoms. The number of nitrogens with two attached hydrogens (primary N) is 1. The monoisotopic (exact) mass is 239 g/mol. The summed E-state index contributed by atoms with van der Waals surface area (Å²) in [4.78, 5) is 4.20. The van der Waals surface area contributed by atoms with E-state index in [0.29, 0.717) is 12.5 Å². The Kier molecular flexibility index (Phi) is 4.71. The Morgan fingerprint density at radius 3 is 2.65 bits per heavy atom. The van der Waals surface area contributed by atoms with E-state index < -0.39 is 0 Å². The Morgan fingerprint density at radius 1 is 1.47 bits per heavy atom. The van der Waals surface area contributed by atoms with Crippen molar-refractivity contribution in [2.45, 2.75) is 52.8 Å². The molecule has 1 rings (SSSR count). The third-order valence-electron chi connectivity index (χ3n) is 2.89. The zero-order valence-electron chi connectivity index (χ0n) is 11.6. The molecule has 0 spiro atoms. The standard InChI is InChI=1S/C13H25N3O/c1-6-17-13(4,5)8-16-9-15-7-11(16)12(14)10(2)3/h7,9-10,12H,6,8,14H2,1-5H3. The first-order valence-electron chi connectivity index (χ1n) is 6.27. The quantitative estimate of drug-likeness (QED) is 0.829. The number of hydrogen-bond donors (Lipinski definition) is 1. The molecule has 0 aromatic carbocycles. The highest BCUT2D eigenvalue weighted by molar-refractivity contribution is 5.06. The van der Waals surface area contributed by atoms with Gasteiger partial charge in [0.15, 0.2) is 0 Å². The van der Waals surface area contributed by atoms with Crippen molar-refractivity contribution < 1.29 is 4.74 Å². The van der Waals surface area contributed by atoms with Crippen LogP contribution in [0, 0.1) is 5.92 Å². The maximum atomic E-state index is 6.17. The summed E-state index contributed by atoms with van der Waals surface area (Å²) < 4.78 is 7.81. The molecule has 0 aliphatic heterocycles. The summed E-state index contributed by atoms with van der Waals surface area (Å²) in [5, 5.41) is 0. The molecule has 1 atom stereocenters. The highest BCUT2D eigenvalue weighted by Gasteiger charge is 2.22. The van der Waals surface area contributed by atoms with Gasteiger partial charge in [-0.15, -0.1) is 0 Å². The van der Waals surface area contributed by atoms with E-state index in [0.717, 1.165) is 12.2 Å². The Hall–Kier alpha value is -0.870. The number of imidazole rings is 1. The first-order chi connectivity index (χ1) is 7.87. The van der Waals surface area contributed by atoms with Gasteiger partial charge in [0, 0.05) is 18.8 Å². The van der Waals surface area contributed by atoms with Gasteiger partial charge in [0.1, 0.15) is 0 Å². The Balaban J connectivity index is 2.82. The van der Waals surface area contributed by atoms with Gasteiger partial charge in [-0.1, -0.05) is 13.8 Å². The van der Waals surface area contributed by atoms with E-state index in [2.05, 4.69) is 37.2 Å². The molecule has 0 aliphatic carbocycles. The molecular formula is C13H25N3O. The maximum absolute atomic E-state index is 6.17. The van der Waals surface area contributed by atoms with Crippen molar-refractivity contribution in [1.29, 1.82) is 0 Å². The van der Waals surface area contributed by atoms with Gasteiger partial charge < -0.3 is 15.0 Å². The van der Waals surface area contributed by atoms with Crippen LogP contribution in [0.25, 0.3) is 0 Å². The van der Waals surface area contributed by atoms with Gasteiger partial charge in [-0.3, -0.25) is 0 Å². The van der Waals surface area contributed by atoms with Crippen LogP contribution in [0.3, 0.4) is 0 Å². The summed E-state index contributed by atoms with van der Waals surface area (Å²) in [6, 6.07) is 0.0231. The minimum absolute atomic E-state index is 0.0231. The third kappa shape index (κ3) is 3.82. The summed E-state index contributed by atoms with van der Waals surface area (Å²) in [6.45, 7) is 11.9. The number of hydrogen-bond acceptors (Lipinski definition) is 3. The highest BCUT2D eigenvalue weighted by Crippen LogP contribution is 2.21. The van der Waals surface area contributed by atoms with Crippen molar-refractivity contribution in [3.63, 3.8) is 0 Å². The van der Waals surface area contributed by atoms with Crippen molar-refractivity contribution >= 4 is 0 Å². The molecule has 1 unspecified atom stereocenters.